The Hall–Kier alpha value is -3.75. The number of aromatic nitrogens is 1. The number of carbonyl (C=O) groups excluding carboxylic acids is 2. The third kappa shape index (κ3) is 6.35. The molecule has 2 aliphatic rings. The number of ether oxygens (including phenoxy) is 1. The van der Waals surface area contributed by atoms with Gasteiger partial charge in [-0.05, 0) is 29.9 Å². The van der Waals surface area contributed by atoms with Crippen LogP contribution in [0.3, 0.4) is 0 Å². The summed E-state index contributed by atoms with van der Waals surface area (Å²) in [5.41, 5.74) is 1.50. The van der Waals surface area contributed by atoms with Gasteiger partial charge in [0.25, 0.3) is 11.5 Å². The minimum Gasteiger partial charge on any atom is -0.388 e. The van der Waals surface area contributed by atoms with Crippen molar-refractivity contribution in [1.29, 1.82) is 0 Å². The summed E-state index contributed by atoms with van der Waals surface area (Å²) < 4.78 is 6.87. The quantitative estimate of drug-likeness (QED) is 0.492. The summed E-state index contributed by atoms with van der Waals surface area (Å²) in [6.45, 7) is 4.89. The van der Waals surface area contributed by atoms with Gasteiger partial charge in [-0.1, -0.05) is 67.6 Å². The highest BCUT2D eigenvalue weighted by molar-refractivity contribution is 6.00. The zero-order valence-corrected chi connectivity index (χ0v) is 23.0. The van der Waals surface area contributed by atoms with E-state index in [4.69, 9.17) is 4.74 Å². The Kier molecular flexibility index (Phi) is 8.47. The summed E-state index contributed by atoms with van der Waals surface area (Å²) in [7, 11) is 0. The maximum absolute atomic E-state index is 13.6. The molecule has 1 atom stereocenters. The van der Waals surface area contributed by atoms with Gasteiger partial charge in [0.2, 0.25) is 5.91 Å². The van der Waals surface area contributed by atoms with Gasteiger partial charge in [-0.25, -0.2) is 0 Å². The Morgan fingerprint density at radius 2 is 1.55 bits per heavy atom. The van der Waals surface area contributed by atoms with E-state index in [-0.39, 0.29) is 29.8 Å². The predicted octanol–water partition coefficient (Wildman–Crippen LogP) is 3.54. The molecule has 3 aromatic rings. The van der Waals surface area contributed by atoms with E-state index in [0.29, 0.717) is 69.8 Å². The molecule has 210 valence electrons. The second-order valence-corrected chi connectivity index (χ2v) is 11.0. The third-order valence-corrected chi connectivity index (χ3v) is 8.10. The SMILES string of the molecule is CC(CC(=O)N1CCC(O)(Cn2cc(C(=O)N3CCOCC3)c(-c3ccccc3)cc2=O)CC1)c1ccccc1. The lowest BCUT2D eigenvalue weighted by atomic mass is 9.90. The predicted molar refractivity (Wildman–Crippen MR) is 153 cm³/mol. The van der Waals surface area contributed by atoms with E-state index < -0.39 is 5.60 Å². The first kappa shape index (κ1) is 27.8. The average Bonchev–Trinajstić information content (AvgIpc) is 2.99. The second kappa shape index (κ2) is 12.2. The molecule has 2 fully saturated rings. The van der Waals surface area contributed by atoms with Crippen LogP contribution in [0.1, 0.15) is 48.0 Å². The van der Waals surface area contributed by atoms with Crippen LogP contribution in [-0.2, 0) is 16.1 Å². The molecule has 8 heteroatoms. The molecule has 0 radical (unpaired) electrons. The highest BCUT2D eigenvalue weighted by Crippen LogP contribution is 2.28. The van der Waals surface area contributed by atoms with Crippen molar-refractivity contribution in [3.05, 3.63) is 94.4 Å². The number of hydrogen-bond acceptors (Lipinski definition) is 5. The van der Waals surface area contributed by atoms with Crippen molar-refractivity contribution in [2.24, 2.45) is 0 Å². The summed E-state index contributed by atoms with van der Waals surface area (Å²) in [4.78, 5) is 43.4. The summed E-state index contributed by atoms with van der Waals surface area (Å²) in [5, 5.41) is 11.5. The van der Waals surface area contributed by atoms with Crippen molar-refractivity contribution in [2.75, 3.05) is 39.4 Å². The Labute approximate surface area is 234 Å². The topological polar surface area (TPSA) is 92.1 Å². The number of pyridine rings is 1. The lowest BCUT2D eigenvalue weighted by molar-refractivity contribution is -0.136. The lowest BCUT2D eigenvalue weighted by Crippen LogP contribution is -2.50. The number of morpholine rings is 1. The first-order chi connectivity index (χ1) is 19.3. The van der Waals surface area contributed by atoms with E-state index in [2.05, 4.69) is 6.92 Å². The van der Waals surface area contributed by atoms with Gasteiger partial charge < -0.3 is 24.2 Å². The summed E-state index contributed by atoms with van der Waals surface area (Å²) >= 11 is 0. The number of amides is 2. The number of piperidine rings is 1. The normalized spacial score (nSPS) is 17.9. The Morgan fingerprint density at radius 1 is 0.925 bits per heavy atom. The van der Waals surface area contributed by atoms with Crippen LogP contribution in [0.25, 0.3) is 11.1 Å². The molecule has 2 aromatic carbocycles. The molecule has 2 amide bonds. The molecule has 0 saturated carbocycles. The largest absolute Gasteiger partial charge is 0.388 e. The molecule has 1 N–H and O–H groups in total. The van der Waals surface area contributed by atoms with E-state index >= 15 is 0 Å². The monoisotopic (exact) mass is 543 g/mol. The number of nitrogens with zero attached hydrogens (tertiary/aromatic N) is 3. The highest BCUT2D eigenvalue weighted by atomic mass is 16.5. The van der Waals surface area contributed by atoms with Gasteiger partial charge in [0, 0.05) is 50.4 Å². The number of rotatable bonds is 7. The van der Waals surface area contributed by atoms with Crippen molar-refractivity contribution in [3.63, 3.8) is 0 Å². The van der Waals surface area contributed by atoms with Crippen LogP contribution in [0.15, 0.2) is 77.7 Å². The standard InChI is InChI=1S/C32H37N3O5/c1-24(25-8-4-2-5-9-25)20-29(36)33-14-12-32(39,13-15-33)23-35-22-28(31(38)34-16-18-40-19-17-34)27(21-30(35)37)26-10-6-3-7-11-26/h2-11,21-22,24,39H,12-20,23H2,1H3. The number of aliphatic hydroxyl groups is 1. The summed E-state index contributed by atoms with van der Waals surface area (Å²) in [6.07, 6.45) is 2.73. The van der Waals surface area contributed by atoms with Gasteiger partial charge in [0.15, 0.2) is 0 Å². The van der Waals surface area contributed by atoms with E-state index in [9.17, 15) is 19.5 Å². The molecule has 2 aliphatic heterocycles. The minimum absolute atomic E-state index is 0.0622. The number of hydrogen-bond donors (Lipinski definition) is 1. The molecule has 0 aliphatic carbocycles. The van der Waals surface area contributed by atoms with Gasteiger partial charge in [0.1, 0.15) is 0 Å². The molecule has 0 spiro atoms. The zero-order valence-electron chi connectivity index (χ0n) is 23.0. The summed E-state index contributed by atoms with van der Waals surface area (Å²) in [6, 6.07) is 20.9. The Balaban J connectivity index is 1.31. The highest BCUT2D eigenvalue weighted by Gasteiger charge is 2.35. The van der Waals surface area contributed by atoms with Crippen molar-refractivity contribution in [1.82, 2.24) is 14.4 Å². The van der Waals surface area contributed by atoms with E-state index in [1.807, 2.05) is 65.6 Å². The first-order valence-electron chi connectivity index (χ1n) is 14.0. The fourth-order valence-corrected chi connectivity index (χ4v) is 5.60. The van der Waals surface area contributed by atoms with Gasteiger partial charge in [-0.3, -0.25) is 14.4 Å². The van der Waals surface area contributed by atoms with Gasteiger partial charge >= 0.3 is 0 Å². The lowest BCUT2D eigenvalue weighted by Gasteiger charge is -2.39. The van der Waals surface area contributed by atoms with Gasteiger partial charge in [-0.15, -0.1) is 0 Å². The maximum atomic E-state index is 13.6. The zero-order chi connectivity index (χ0) is 28.1. The molecular weight excluding hydrogens is 506 g/mol. The van der Waals surface area contributed by atoms with E-state index in [1.54, 1.807) is 11.1 Å². The van der Waals surface area contributed by atoms with Gasteiger partial charge in [-0.2, -0.15) is 0 Å². The summed E-state index contributed by atoms with van der Waals surface area (Å²) in [5.74, 6) is 0.0238. The molecule has 2 saturated heterocycles. The Bertz CT molecular complexity index is 1370. The minimum atomic E-state index is -1.15. The molecule has 3 heterocycles. The van der Waals surface area contributed by atoms with Crippen LogP contribution >= 0.6 is 0 Å². The van der Waals surface area contributed by atoms with Gasteiger partial charge in [0.05, 0.1) is 30.9 Å². The van der Waals surface area contributed by atoms with E-state index in [1.165, 1.54) is 10.6 Å². The van der Waals surface area contributed by atoms with Crippen LogP contribution in [0.5, 0.6) is 0 Å². The first-order valence-corrected chi connectivity index (χ1v) is 14.0. The Morgan fingerprint density at radius 3 is 2.20 bits per heavy atom. The van der Waals surface area contributed by atoms with E-state index in [0.717, 1.165) is 11.1 Å². The molecule has 1 unspecified atom stereocenters. The molecular formula is C32H37N3O5. The van der Waals surface area contributed by atoms with Crippen molar-refractivity contribution < 1.29 is 19.4 Å². The molecule has 5 rings (SSSR count). The van der Waals surface area contributed by atoms with Crippen LogP contribution in [0, 0.1) is 0 Å². The van der Waals surface area contributed by atoms with Crippen LogP contribution in [-0.4, -0.2) is 76.3 Å². The number of benzene rings is 2. The number of carbonyl (C=O) groups is 2. The van der Waals surface area contributed by atoms with Crippen LogP contribution < -0.4 is 5.56 Å². The fourth-order valence-electron chi connectivity index (χ4n) is 5.60. The van der Waals surface area contributed by atoms with Crippen molar-refractivity contribution in [3.8, 4) is 11.1 Å². The van der Waals surface area contributed by atoms with Crippen molar-refractivity contribution >= 4 is 11.8 Å². The smallest absolute Gasteiger partial charge is 0.256 e. The molecule has 1 aromatic heterocycles. The fraction of sp³-hybridized carbons (Fsp3) is 0.406. The van der Waals surface area contributed by atoms with Crippen LogP contribution in [0.4, 0.5) is 0 Å². The van der Waals surface area contributed by atoms with Crippen LogP contribution in [0.2, 0.25) is 0 Å². The second-order valence-electron chi connectivity index (χ2n) is 11.0. The molecule has 0 bridgehead atoms. The molecule has 40 heavy (non-hydrogen) atoms. The maximum Gasteiger partial charge on any atom is 0.256 e. The van der Waals surface area contributed by atoms with Crippen molar-refractivity contribution in [2.45, 2.75) is 44.2 Å². The average molecular weight is 544 g/mol. The molecule has 8 nitrogen and oxygen atoms in total. The number of likely N-dealkylation sites (tertiary alicyclic amines) is 1. The third-order valence-electron chi connectivity index (χ3n) is 8.10.